The van der Waals surface area contributed by atoms with Crippen molar-refractivity contribution in [1.29, 1.82) is 0 Å². The molecule has 2 aliphatic rings. The van der Waals surface area contributed by atoms with E-state index >= 15 is 0 Å². The SMILES string of the molecule is NC1(CCCC2OCCO2)CC1. The topological polar surface area (TPSA) is 44.5 Å². The van der Waals surface area contributed by atoms with Crippen LogP contribution in [0.1, 0.15) is 32.1 Å². The van der Waals surface area contributed by atoms with E-state index in [1.807, 2.05) is 0 Å². The molecule has 1 heterocycles. The lowest BCUT2D eigenvalue weighted by molar-refractivity contribution is -0.0482. The predicted octanol–water partition coefficient (Wildman–Crippen LogP) is 1.02. The maximum absolute atomic E-state index is 5.95. The third-order valence-electron chi connectivity index (χ3n) is 2.70. The minimum absolute atomic E-state index is 0.0624. The summed E-state index contributed by atoms with van der Waals surface area (Å²) in [5.74, 6) is 0. The largest absolute Gasteiger partial charge is 0.350 e. The molecule has 12 heavy (non-hydrogen) atoms. The molecule has 0 amide bonds. The van der Waals surface area contributed by atoms with E-state index in [0.29, 0.717) is 0 Å². The third-order valence-corrected chi connectivity index (χ3v) is 2.70. The maximum atomic E-state index is 5.95. The number of nitrogens with two attached hydrogens (primary N) is 1. The standard InChI is InChI=1S/C9H17NO2/c10-9(4-5-9)3-1-2-8-11-6-7-12-8/h8H,1-7,10H2. The molecule has 0 radical (unpaired) electrons. The molecule has 3 heteroatoms. The van der Waals surface area contributed by atoms with Gasteiger partial charge in [0.25, 0.3) is 0 Å². The first kappa shape index (κ1) is 8.48. The fourth-order valence-corrected chi connectivity index (χ4v) is 1.61. The Kier molecular flexibility index (Phi) is 2.35. The van der Waals surface area contributed by atoms with E-state index < -0.39 is 0 Å². The minimum Gasteiger partial charge on any atom is -0.350 e. The molecule has 0 spiro atoms. The Balaban J connectivity index is 1.56. The lowest BCUT2D eigenvalue weighted by Crippen LogP contribution is -2.22. The fraction of sp³-hybridized carbons (Fsp3) is 1.00. The van der Waals surface area contributed by atoms with Gasteiger partial charge in [0, 0.05) is 5.54 Å². The van der Waals surface area contributed by atoms with Crippen molar-refractivity contribution in [3.8, 4) is 0 Å². The van der Waals surface area contributed by atoms with Gasteiger partial charge < -0.3 is 15.2 Å². The summed E-state index contributed by atoms with van der Waals surface area (Å²) in [6.07, 6.45) is 5.77. The Morgan fingerprint density at radius 3 is 2.50 bits per heavy atom. The van der Waals surface area contributed by atoms with Crippen LogP contribution >= 0.6 is 0 Å². The molecule has 0 unspecified atom stereocenters. The molecular formula is C9H17NO2. The van der Waals surface area contributed by atoms with E-state index in [1.165, 1.54) is 12.8 Å². The van der Waals surface area contributed by atoms with Gasteiger partial charge >= 0.3 is 0 Å². The molecule has 2 rings (SSSR count). The second-order valence-corrected chi connectivity index (χ2v) is 3.93. The maximum Gasteiger partial charge on any atom is 0.157 e. The average molecular weight is 171 g/mol. The monoisotopic (exact) mass is 171 g/mol. The van der Waals surface area contributed by atoms with Gasteiger partial charge in [-0.1, -0.05) is 0 Å². The van der Waals surface area contributed by atoms with Gasteiger partial charge in [-0.2, -0.15) is 0 Å². The molecule has 1 aliphatic carbocycles. The molecule has 3 nitrogen and oxygen atoms in total. The molecule has 1 aliphatic heterocycles. The zero-order chi connectivity index (χ0) is 8.44. The Hall–Kier alpha value is -0.120. The zero-order valence-electron chi connectivity index (χ0n) is 7.42. The molecule has 0 aromatic heterocycles. The second-order valence-electron chi connectivity index (χ2n) is 3.93. The summed E-state index contributed by atoms with van der Waals surface area (Å²) in [4.78, 5) is 0. The summed E-state index contributed by atoms with van der Waals surface area (Å²) in [5, 5.41) is 0. The van der Waals surface area contributed by atoms with Gasteiger partial charge in [0.05, 0.1) is 13.2 Å². The van der Waals surface area contributed by atoms with Crippen LogP contribution in [0.15, 0.2) is 0 Å². The van der Waals surface area contributed by atoms with Crippen molar-refractivity contribution >= 4 is 0 Å². The highest BCUT2D eigenvalue weighted by Crippen LogP contribution is 2.37. The molecular weight excluding hydrogens is 154 g/mol. The van der Waals surface area contributed by atoms with Crippen molar-refractivity contribution < 1.29 is 9.47 Å². The predicted molar refractivity (Wildman–Crippen MR) is 45.7 cm³/mol. The zero-order valence-corrected chi connectivity index (χ0v) is 7.42. The lowest BCUT2D eigenvalue weighted by Gasteiger charge is -2.11. The summed E-state index contributed by atoms with van der Waals surface area (Å²) in [6, 6.07) is 0. The van der Waals surface area contributed by atoms with Crippen LogP contribution in [0.4, 0.5) is 0 Å². The van der Waals surface area contributed by atoms with Crippen LogP contribution in [-0.2, 0) is 9.47 Å². The van der Waals surface area contributed by atoms with Gasteiger partial charge in [-0.25, -0.2) is 0 Å². The summed E-state index contributed by atoms with van der Waals surface area (Å²) in [7, 11) is 0. The van der Waals surface area contributed by atoms with Gasteiger partial charge in [0.1, 0.15) is 0 Å². The van der Waals surface area contributed by atoms with E-state index in [-0.39, 0.29) is 11.8 Å². The van der Waals surface area contributed by atoms with Crippen molar-refractivity contribution in [3.63, 3.8) is 0 Å². The van der Waals surface area contributed by atoms with Crippen LogP contribution in [0, 0.1) is 0 Å². The van der Waals surface area contributed by atoms with Crippen molar-refractivity contribution in [1.82, 2.24) is 0 Å². The van der Waals surface area contributed by atoms with Crippen molar-refractivity contribution in [2.45, 2.75) is 43.9 Å². The third kappa shape index (κ3) is 2.19. The summed E-state index contributed by atoms with van der Waals surface area (Å²) in [5.41, 5.74) is 6.14. The van der Waals surface area contributed by atoms with Crippen LogP contribution in [0.3, 0.4) is 0 Å². The van der Waals surface area contributed by atoms with E-state index in [9.17, 15) is 0 Å². The normalized spacial score (nSPS) is 27.8. The van der Waals surface area contributed by atoms with Gasteiger partial charge in [0.2, 0.25) is 0 Å². The highest BCUT2D eigenvalue weighted by molar-refractivity contribution is 4.98. The first-order valence-corrected chi connectivity index (χ1v) is 4.81. The van der Waals surface area contributed by atoms with Crippen molar-refractivity contribution in [3.05, 3.63) is 0 Å². The Bertz CT molecular complexity index is 151. The summed E-state index contributed by atoms with van der Waals surface area (Å²) < 4.78 is 10.7. The summed E-state index contributed by atoms with van der Waals surface area (Å²) in [6.45, 7) is 1.52. The van der Waals surface area contributed by atoms with Crippen LogP contribution < -0.4 is 5.73 Å². The fourth-order valence-electron chi connectivity index (χ4n) is 1.61. The van der Waals surface area contributed by atoms with Gasteiger partial charge in [-0.15, -0.1) is 0 Å². The highest BCUT2D eigenvalue weighted by Gasteiger charge is 2.37. The molecule has 2 N–H and O–H groups in total. The number of rotatable bonds is 4. The Morgan fingerprint density at radius 2 is 1.92 bits per heavy atom. The molecule has 0 aromatic rings. The van der Waals surface area contributed by atoms with Crippen LogP contribution in [0.2, 0.25) is 0 Å². The number of hydrogen-bond acceptors (Lipinski definition) is 3. The van der Waals surface area contributed by atoms with Crippen molar-refractivity contribution in [2.75, 3.05) is 13.2 Å². The molecule has 70 valence electrons. The molecule has 0 aromatic carbocycles. The molecule has 1 saturated heterocycles. The number of hydrogen-bond donors (Lipinski definition) is 1. The first-order valence-electron chi connectivity index (χ1n) is 4.81. The second kappa shape index (κ2) is 3.32. The average Bonchev–Trinajstić information content (AvgIpc) is 2.61. The van der Waals surface area contributed by atoms with E-state index in [0.717, 1.165) is 32.5 Å². The quantitative estimate of drug-likeness (QED) is 0.687. The van der Waals surface area contributed by atoms with E-state index in [1.54, 1.807) is 0 Å². The Labute approximate surface area is 73.2 Å². The van der Waals surface area contributed by atoms with Crippen LogP contribution in [-0.4, -0.2) is 25.0 Å². The van der Waals surface area contributed by atoms with Gasteiger partial charge in [-0.3, -0.25) is 0 Å². The van der Waals surface area contributed by atoms with Gasteiger partial charge in [-0.05, 0) is 32.1 Å². The Morgan fingerprint density at radius 1 is 1.25 bits per heavy atom. The first-order chi connectivity index (χ1) is 5.79. The van der Waals surface area contributed by atoms with Crippen LogP contribution in [0.5, 0.6) is 0 Å². The van der Waals surface area contributed by atoms with Crippen LogP contribution in [0.25, 0.3) is 0 Å². The van der Waals surface area contributed by atoms with E-state index in [4.69, 9.17) is 15.2 Å². The lowest BCUT2D eigenvalue weighted by atomic mass is 10.1. The van der Waals surface area contributed by atoms with Gasteiger partial charge in [0.15, 0.2) is 6.29 Å². The van der Waals surface area contributed by atoms with E-state index in [2.05, 4.69) is 0 Å². The smallest absolute Gasteiger partial charge is 0.157 e. The number of ether oxygens (including phenoxy) is 2. The minimum atomic E-state index is 0.0624. The molecule has 0 bridgehead atoms. The highest BCUT2D eigenvalue weighted by atomic mass is 16.7. The molecule has 1 saturated carbocycles. The molecule has 2 fully saturated rings. The van der Waals surface area contributed by atoms with Crippen molar-refractivity contribution in [2.24, 2.45) is 5.73 Å². The molecule has 0 atom stereocenters. The summed E-state index contributed by atoms with van der Waals surface area (Å²) >= 11 is 0.